The smallest absolute Gasteiger partial charge is 0.228 e. The number of amides is 1. The van der Waals surface area contributed by atoms with Gasteiger partial charge >= 0.3 is 0 Å². The van der Waals surface area contributed by atoms with Crippen LogP contribution in [0, 0.1) is 5.92 Å². The summed E-state index contributed by atoms with van der Waals surface area (Å²) in [6.45, 7) is 4.65. The number of nitrogens with one attached hydrogen (secondary N) is 1. The lowest BCUT2D eigenvalue weighted by atomic mass is 10.1. The molecule has 6 nitrogen and oxygen atoms in total. The van der Waals surface area contributed by atoms with E-state index >= 15 is 0 Å². The number of aromatic nitrogens is 2. The van der Waals surface area contributed by atoms with Gasteiger partial charge in [0.25, 0.3) is 0 Å². The molecule has 0 saturated carbocycles. The average molecular weight is 303 g/mol. The number of carbonyl (C=O) groups is 1. The quantitative estimate of drug-likeness (QED) is 0.885. The maximum Gasteiger partial charge on any atom is 0.228 e. The van der Waals surface area contributed by atoms with E-state index in [1.807, 2.05) is 29.6 Å². The van der Waals surface area contributed by atoms with Crippen LogP contribution in [-0.2, 0) is 16.6 Å². The number of methoxy groups -OCH3 is 1. The van der Waals surface area contributed by atoms with Gasteiger partial charge < -0.3 is 19.5 Å². The van der Waals surface area contributed by atoms with E-state index < -0.39 is 0 Å². The molecule has 20 heavy (non-hydrogen) atoms. The van der Waals surface area contributed by atoms with Gasteiger partial charge in [-0.2, -0.15) is 0 Å². The van der Waals surface area contributed by atoms with Gasteiger partial charge in [0, 0.05) is 46.2 Å². The van der Waals surface area contributed by atoms with Crippen molar-refractivity contribution in [3.8, 4) is 0 Å². The van der Waals surface area contributed by atoms with Crippen LogP contribution < -0.4 is 5.32 Å². The SMILES string of the molecule is COCC(C)C(=O)N1CCNCC1c1nccn1C.Cl. The number of nitrogens with zero attached hydrogens (tertiary/aromatic N) is 3. The second-order valence-corrected chi connectivity index (χ2v) is 5.00. The van der Waals surface area contributed by atoms with Crippen molar-refractivity contribution in [2.75, 3.05) is 33.4 Å². The molecule has 2 rings (SSSR count). The second-order valence-electron chi connectivity index (χ2n) is 5.00. The lowest BCUT2D eigenvalue weighted by molar-refractivity contribution is -0.140. The summed E-state index contributed by atoms with van der Waals surface area (Å²) in [7, 11) is 3.58. The van der Waals surface area contributed by atoms with Gasteiger partial charge in [-0.3, -0.25) is 4.79 Å². The number of halogens is 1. The molecule has 0 spiro atoms. The zero-order valence-electron chi connectivity index (χ0n) is 12.2. The summed E-state index contributed by atoms with van der Waals surface area (Å²) >= 11 is 0. The fourth-order valence-corrected chi connectivity index (χ4v) is 2.50. The van der Waals surface area contributed by atoms with Crippen LogP contribution in [0.25, 0.3) is 0 Å². The molecule has 1 aliphatic rings. The molecule has 2 atom stereocenters. The topological polar surface area (TPSA) is 59.4 Å². The van der Waals surface area contributed by atoms with Crippen LogP contribution in [0.1, 0.15) is 18.8 Å². The lowest BCUT2D eigenvalue weighted by Gasteiger charge is -2.37. The molecular weight excluding hydrogens is 280 g/mol. The Balaban J connectivity index is 0.00000200. The highest BCUT2D eigenvalue weighted by Crippen LogP contribution is 2.22. The third-order valence-corrected chi connectivity index (χ3v) is 3.52. The van der Waals surface area contributed by atoms with Crippen molar-refractivity contribution in [2.45, 2.75) is 13.0 Å². The molecule has 1 aliphatic heterocycles. The predicted molar refractivity (Wildman–Crippen MR) is 78.8 cm³/mol. The monoisotopic (exact) mass is 302 g/mol. The highest BCUT2D eigenvalue weighted by atomic mass is 35.5. The number of rotatable bonds is 4. The van der Waals surface area contributed by atoms with Crippen molar-refractivity contribution in [1.29, 1.82) is 0 Å². The van der Waals surface area contributed by atoms with Crippen LogP contribution >= 0.6 is 12.4 Å². The zero-order valence-corrected chi connectivity index (χ0v) is 13.0. The average Bonchev–Trinajstić information content (AvgIpc) is 2.84. The van der Waals surface area contributed by atoms with Gasteiger partial charge in [-0.25, -0.2) is 4.98 Å². The fourth-order valence-electron chi connectivity index (χ4n) is 2.50. The number of imidazole rings is 1. The van der Waals surface area contributed by atoms with Crippen LogP contribution in [-0.4, -0.2) is 53.7 Å². The van der Waals surface area contributed by atoms with Crippen LogP contribution in [0.3, 0.4) is 0 Å². The van der Waals surface area contributed by atoms with Crippen molar-refractivity contribution >= 4 is 18.3 Å². The fraction of sp³-hybridized carbons (Fsp3) is 0.692. The minimum absolute atomic E-state index is 0. The van der Waals surface area contributed by atoms with Crippen LogP contribution in [0.15, 0.2) is 12.4 Å². The Kier molecular flexibility index (Phi) is 6.45. The van der Waals surface area contributed by atoms with Gasteiger partial charge in [-0.15, -0.1) is 12.4 Å². The first-order chi connectivity index (χ1) is 9.15. The molecular formula is C13H23ClN4O2. The van der Waals surface area contributed by atoms with Gasteiger partial charge in [0.2, 0.25) is 5.91 Å². The van der Waals surface area contributed by atoms with Crippen molar-refractivity contribution < 1.29 is 9.53 Å². The standard InChI is InChI=1S/C13H22N4O2.ClH/c1-10(9-19-3)13(18)17-7-4-14-8-11(17)12-15-5-6-16(12)2;/h5-6,10-11,14H,4,7-9H2,1-3H3;1H. The number of ether oxygens (including phenoxy) is 1. The summed E-state index contributed by atoms with van der Waals surface area (Å²) in [4.78, 5) is 18.8. The van der Waals surface area contributed by atoms with E-state index in [0.29, 0.717) is 13.2 Å². The second kappa shape index (κ2) is 7.61. The molecule has 0 aromatic carbocycles. The summed E-state index contributed by atoms with van der Waals surface area (Å²) in [6, 6.07) is 0.000515. The number of hydrogen-bond acceptors (Lipinski definition) is 4. The van der Waals surface area contributed by atoms with Crippen LogP contribution in [0.4, 0.5) is 0 Å². The van der Waals surface area contributed by atoms with Crippen molar-refractivity contribution in [2.24, 2.45) is 13.0 Å². The number of carbonyl (C=O) groups excluding carboxylic acids is 1. The van der Waals surface area contributed by atoms with Gasteiger partial charge in [-0.1, -0.05) is 6.92 Å². The molecule has 114 valence electrons. The minimum atomic E-state index is -0.120. The molecule has 1 fully saturated rings. The zero-order chi connectivity index (χ0) is 13.8. The molecule has 1 amide bonds. The van der Waals surface area contributed by atoms with E-state index in [4.69, 9.17) is 4.74 Å². The van der Waals surface area contributed by atoms with Crippen molar-refractivity contribution in [1.82, 2.24) is 19.8 Å². The van der Waals surface area contributed by atoms with Crippen molar-refractivity contribution in [3.05, 3.63) is 18.2 Å². The van der Waals surface area contributed by atoms with Crippen LogP contribution in [0.5, 0.6) is 0 Å². The molecule has 1 N–H and O–H groups in total. The van der Waals surface area contributed by atoms with Crippen LogP contribution in [0.2, 0.25) is 0 Å². The Morgan fingerprint density at radius 3 is 3.00 bits per heavy atom. The van der Waals surface area contributed by atoms with E-state index in [-0.39, 0.29) is 30.3 Å². The van der Waals surface area contributed by atoms with Crippen molar-refractivity contribution in [3.63, 3.8) is 0 Å². The maximum atomic E-state index is 12.5. The van der Waals surface area contributed by atoms with E-state index in [1.165, 1.54) is 0 Å². The molecule has 1 aromatic rings. The summed E-state index contributed by atoms with van der Waals surface area (Å²) in [6.07, 6.45) is 3.68. The highest BCUT2D eigenvalue weighted by molar-refractivity contribution is 5.85. The largest absolute Gasteiger partial charge is 0.384 e. The summed E-state index contributed by atoms with van der Waals surface area (Å²) in [5.74, 6) is 0.937. The number of piperazine rings is 1. The number of aryl methyl sites for hydroxylation is 1. The third-order valence-electron chi connectivity index (χ3n) is 3.52. The van der Waals surface area contributed by atoms with Gasteiger partial charge in [0.1, 0.15) is 11.9 Å². The molecule has 1 aromatic heterocycles. The molecule has 0 radical (unpaired) electrons. The first kappa shape index (κ1) is 16.9. The minimum Gasteiger partial charge on any atom is -0.384 e. The third kappa shape index (κ3) is 3.50. The van der Waals surface area contributed by atoms with Gasteiger partial charge in [0.05, 0.1) is 12.5 Å². The summed E-state index contributed by atoms with van der Waals surface area (Å²) < 4.78 is 7.05. The Labute approximate surface area is 125 Å². The first-order valence-electron chi connectivity index (χ1n) is 6.62. The first-order valence-corrected chi connectivity index (χ1v) is 6.62. The normalized spacial score (nSPS) is 20.4. The Morgan fingerprint density at radius 1 is 1.65 bits per heavy atom. The van der Waals surface area contributed by atoms with Gasteiger partial charge in [-0.05, 0) is 0 Å². The number of hydrogen-bond donors (Lipinski definition) is 1. The molecule has 1 saturated heterocycles. The molecule has 2 unspecified atom stereocenters. The summed E-state index contributed by atoms with van der Waals surface area (Å²) in [5.41, 5.74) is 0. The summed E-state index contributed by atoms with van der Waals surface area (Å²) in [5, 5.41) is 3.33. The Bertz CT molecular complexity index is 438. The van der Waals surface area contributed by atoms with E-state index in [9.17, 15) is 4.79 Å². The van der Waals surface area contributed by atoms with E-state index in [1.54, 1.807) is 13.3 Å². The highest BCUT2D eigenvalue weighted by Gasteiger charge is 2.32. The Hall–Kier alpha value is -1.11. The maximum absolute atomic E-state index is 12.5. The molecule has 0 bridgehead atoms. The molecule has 2 heterocycles. The predicted octanol–water partition coefficient (Wildman–Crippen LogP) is 0.597. The van der Waals surface area contributed by atoms with E-state index in [0.717, 1.165) is 18.9 Å². The lowest BCUT2D eigenvalue weighted by Crippen LogP contribution is -2.51. The van der Waals surface area contributed by atoms with Gasteiger partial charge in [0.15, 0.2) is 0 Å². The Morgan fingerprint density at radius 2 is 2.40 bits per heavy atom. The van der Waals surface area contributed by atoms with E-state index in [2.05, 4.69) is 10.3 Å². The molecule has 0 aliphatic carbocycles. The molecule has 7 heteroatoms.